The molecular formula is C17H15ClFNS. The maximum atomic E-state index is 14.1. The Balaban J connectivity index is 1.97. The topological polar surface area (TPSA) is 12.0 Å². The highest BCUT2D eigenvalue weighted by atomic mass is 35.5. The van der Waals surface area contributed by atoms with Crippen molar-refractivity contribution in [2.24, 2.45) is 0 Å². The van der Waals surface area contributed by atoms with E-state index in [1.165, 1.54) is 15.6 Å². The molecule has 0 saturated heterocycles. The molecule has 1 atom stereocenters. The summed E-state index contributed by atoms with van der Waals surface area (Å²) in [5.74, 6) is -0.320. The smallest absolute Gasteiger partial charge is 0.145 e. The number of likely N-dealkylation sites (N-methyl/N-ethyl adjacent to an activating group) is 1. The molecule has 4 heteroatoms. The number of nitrogens with one attached hydrogen (secondary N) is 1. The molecule has 0 bridgehead atoms. The Labute approximate surface area is 132 Å². The maximum absolute atomic E-state index is 14.1. The summed E-state index contributed by atoms with van der Waals surface area (Å²) >= 11 is 7.58. The van der Waals surface area contributed by atoms with E-state index in [4.69, 9.17) is 11.6 Å². The van der Waals surface area contributed by atoms with E-state index in [0.29, 0.717) is 12.0 Å². The van der Waals surface area contributed by atoms with Gasteiger partial charge in [-0.2, -0.15) is 0 Å². The van der Waals surface area contributed by atoms with Crippen molar-refractivity contribution < 1.29 is 4.39 Å². The summed E-state index contributed by atoms with van der Waals surface area (Å²) in [6, 6.07) is 13.5. The zero-order chi connectivity index (χ0) is 14.8. The summed E-state index contributed by atoms with van der Waals surface area (Å²) in [5.41, 5.74) is 1.84. The fourth-order valence-corrected chi connectivity index (χ4v) is 3.77. The molecular weight excluding hydrogens is 305 g/mol. The van der Waals surface area contributed by atoms with Crippen molar-refractivity contribution >= 4 is 33.0 Å². The Morgan fingerprint density at radius 2 is 2.00 bits per heavy atom. The molecule has 0 aliphatic rings. The number of hydrogen-bond acceptors (Lipinski definition) is 2. The molecule has 0 fully saturated rings. The van der Waals surface area contributed by atoms with Gasteiger partial charge in [0.1, 0.15) is 5.82 Å². The van der Waals surface area contributed by atoms with Crippen LogP contribution < -0.4 is 5.32 Å². The summed E-state index contributed by atoms with van der Waals surface area (Å²) in [5, 5.41) is 6.84. The number of benzene rings is 2. The highest BCUT2D eigenvalue weighted by molar-refractivity contribution is 7.17. The molecule has 1 unspecified atom stereocenters. The number of halogens is 2. The average Bonchev–Trinajstić information content (AvgIpc) is 2.93. The van der Waals surface area contributed by atoms with Gasteiger partial charge in [-0.3, -0.25) is 0 Å². The summed E-state index contributed by atoms with van der Waals surface area (Å²) in [6.07, 6.45) is 0.573. The second-order valence-corrected chi connectivity index (χ2v) is 6.26. The largest absolute Gasteiger partial charge is 0.313 e. The Hall–Kier alpha value is -1.42. The summed E-state index contributed by atoms with van der Waals surface area (Å²) in [7, 11) is 1.90. The molecule has 0 radical (unpaired) electrons. The highest BCUT2D eigenvalue weighted by Crippen LogP contribution is 2.32. The average molecular weight is 320 g/mol. The van der Waals surface area contributed by atoms with E-state index in [-0.39, 0.29) is 16.9 Å². The van der Waals surface area contributed by atoms with Gasteiger partial charge in [-0.05, 0) is 47.5 Å². The Bertz CT molecular complexity index is 768. The van der Waals surface area contributed by atoms with Crippen molar-refractivity contribution in [3.05, 3.63) is 69.8 Å². The van der Waals surface area contributed by atoms with Crippen molar-refractivity contribution in [2.75, 3.05) is 7.05 Å². The summed E-state index contributed by atoms with van der Waals surface area (Å²) in [4.78, 5) is 0. The van der Waals surface area contributed by atoms with Crippen LogP contribution in [0.3, 0.4) is 0 Å². The Morgan fingerprint density at radius 1 is 1.19 bits per heavy atom. The van der Waals surface area contributed by atoms with Gasteiger partial charge in [0, 0.05) is 10.7 Å². The summed E-state index contributed by atoms with van der Waals surface area (Å²) < 4.78 is 15.3. The van der Waals surface area contributed by atoms with Crippen LogP contribution >= 0.6 is 22.9 Å². The SMILES string of the molecule is CNC(Cc1cccc(Cl)c1F)c1csc2ccccc12. The molecule has 108 valence electrons. The molecule has 0 amide bonds. The lowest BCUT2D eigenvalue weighted by atomic mass is 9.98. The van der Waals surface area contributed by atoms with Gasteiger partial charge in [0.2, 0.25) is 0 Å². The lowest BCUT2D eigenvalue weighted by Gasteiger charge is -2.17. The quantitative estimate of drug-likeness (QED) is 0.697. The van der Waals surface area contributed by atoms with Gasteiger partial charge >= 0.3 is 0 Å². The van der Waals surface area contributed by atoms with E-state index in [0.717, 1.165) is 0 Å². The van der Waals surface area contributed by atoms with Crippen LogP contribution in [0.5, 0.6) is 0 Å². The summed E-state index contributed by atoms with van der Waals surface area (Å²) in [6.45, 7) is 0. The van der Waals surface area contributed by atoms with Gasteiger partial charge in [0.05, 0.1) is 5.02 Å². The van der Waals surface area contributed by atoms with Crippen LogP contribution in [-0.4, -0.2) is 7.05 Å². The first-order valence-electron chi connectivity index (χ1n) is 6.77. The van der Waals surface area contributed by atoms with Crippen molar-refractivity contribution in [1.29, 1.82) is 0 Å². The zero-order valence-corrected chi connectivity index (χ0v) is 13.1. The lowest BCUT2D eigenvalue weighted by Crippen LogP contribution is -2.19. The van der Waals surface area contributed by atoms with Crippen molar-refractivity contribution in [3.8, 4) is 0 Å². The van der Waals surface area contributed by atoms with Crippen LogP contribution in [0.2, 0.25) is 5.02 Å². The van der Waals surface area contributed by atoms with Crippen LogP contribution in [0.25, 0.3) is 10.1 Å². The fourth-order valence-electron chi connectivity index (χ4n) is 2.56. The van der Waals surface area contributed by atoms with Gasteiger partial charge in [-0.15, -0.1) is 11.3 Å². The minimum atomic E-state index is -0.320. The van der Waals surface area contributed by atoms with Gasteiger partial charge in [0.15, 0.2) is 0 Å². The van der Waals surface area contributed by atoms with Gasteiger partial charge in [-0.25, -0.2) is 4.39 Å². The van der Waals surface area contributed by atoms with Gasteiger partial charge in [-0.1, -0.05) is 41.9 Å². The van der Waals surface area contributed by atoms with Crippen molar-refractivity contribution in [1.82, 2.24) is 5.32 Å². The molecule has 3 rings (SSSR count). The van der Waals surface area contributed by atoms with Gasteiger partial charge < -0.3 is 5.32 Å². The highest BCUT2D eigenvalue weighted by Gasteiger charge is 2.17. The molecule has 2 aromatic carbocycles. The molecule has 0 aliphatic heterocycles. The first-order valence-corrected chi connectivity index (χ1v) is 8.02. The third-order valence-corrected chi connectivity index (χ3v) is 4.96. The third kappa shape index (κ3) is 2.82. The van der Waals surface area contributed by atoms with Crippen molar-refractivity contribution in [3.63, 3.8) is 0 Å². The van der Waals surface area contributed by atoms with Gasteiger partial charge in [0.25, 0.3) is 0 Å². The van der Waals surface area contributed by atoms with E-state index >= 15 is 0 Å². The van der Waals surface area contributed by atoms with Crippen LogP contribution in [0, 0.1) is 5.82 Å². The predicted molar refractivity (Wildman–Crippen MR) is 88.7 cm³/mol. The fraction of sp³-hybridized carbons (Fsp3) is 0.176. The van der Waals surface area contributed by atoms with E-state index in [2.05, 4.69) is 22.8 Å². The first-order chi connectivity index (χ1) is 10.2. The predicted octanol–water partition coefficient (Wildman–Crippen LogP) is 5.20. The molecule has 21 heavy (non-hydrogen) atoms. The maximum Gasteiger partial charge on any atom is 0.145 e. The molecule has 0 saturated carbocycles. The van der Waals surface area contributed by atoms with E-state index < -0.39 is 0 Å². The molecule has 1 nitrogen and oxygen atoms in total. The molecule has 0 spiro atoms. The zero-order valence-electron chi connectivity index (χ0n) is 11.6. The Kier molecular flexibility index (Phi) is 4.24. The van der Waals surface area contributed by atoms with Crippen molar-refractivity contribution in [2.45, 2.75) is 12.5 Å². The molecule has 1 heterocycles. The lowest BCUT2D eigenvalue weighted by molar-refractivity contribution is 0.558. The molecule has 1 N–H and O–H groups in total. The van der Waals surface area contributed by atoms with Crippen LogP contribution in [0.4, 0.5) is 4.39 Å². The molecule has 3 aromatic rings. The van der Waals surface area contributed by atoms with Crippen LogP contribution in [0.15, 0.2) is 47.8 Å². The minimum Gasteiger partial charge on any atom is -0.313 e. The normalized spacial score (nSPS) is 12.7. The third-order valence-electron chi connectivity index (χ3n) is 3.69. The minimum absolute atomic E-state index is 0.0640. The van der Waals surface area contributed by atoms with E-state index in [1.807, 2.05) is 19.2 Å². The number of thiophene rings is 1. The first kappa shape index (κ1) is 14.5. The molecule has 0 aliphatic carbocycles. The standard InChI is InChI=1S/C17H15ClFNS/c1-20-15(9-11-5-4-7-14(18)17(11)19)13-10-21-16-8-3-2-6-12(13)16/h2-8,10,15,20H,9H2,1H3. The second kappa shape index (κ2) is 6.14. The number of rotatable bonds is 4. The molecule has 1 aromatic heterocycles. The number of fused-ring (bicyclic) bond motifs is 1. The second-order valence-electron chi connectivity index (χ2n) is 4.95. The van der Waals surface area contributed by atoms with Crippen LogP contribution in [0.1, 0.15) is 17.2 Å². The monoisotopic (exact) mass is 319 g/mol. The Morgan fingerprint density at radius 3 is 2.81 bits per heavy atom. The van der Waals surface area contributed by atoms with Crippen LogP contribution in [-0.2, 0) is 6.42 Å². The van der Waals surface area contributed by atoms with E-state index in [9.17, 15) is 4.39 Å². The van der Waals surface area contributed by atoms with E-state index in [1.54, 1.807) is 29.5 Å². The number of hydrogen-bond donors (Lipinski definition) is 1.